The van der Waals surface area contributed by atoms with Gasteiger partial charge in [-0.2, -0.15) is 5.10 Å². The molecule has 1 unspecified atom stereocenters. The van der Waals surface area contributed by atoms with Gasteiger partial charge in [0.05, 0.1) is 5.41 Å². The van der Waals surface area contributed by atoms with Crippen LogP contribution in [0.4, 0.5) is 0 Å². The van der Waals surface area contributed by atoms with E-state index in [0.717, 1.165) is 23.1 Å². The Morgan fingerprint density at radius 3 is 2.55 bits per heavy atom. The highest BCUT2D eigenvalue weighted by Gasteiger charge is 2.42. The molecule has 29 heavy (non-hydrogen) atoms. The number of likely N-dealkylation sites (tertiary alicyclic amines) is 1. The van der Waals surface area contributed by atoms with E-state index in [9.17, 15) is 9.59 Å². The summed E-state index contributed by atoms with van der Waals surface area (Å²) in [7, 11) is 0. The molecule has 1 aliphatic rings. The number of rotatable bonds is 5. The lowest BCUT2D eigenvalue weighted by molar-refractivity contribution is -0.130. The fourth-order valence-corrected chi connectivity index (χ4v) is 4.22. The lowest BCUT2D eigenvalue weighted by Crippen LogP contribution is -2.53. The van der Waals surface area contributed by atoms with Crippen molar-refractivity contribution >= 4 is 11.8 Å². The number of carbonyl (C=O) groups is 2. The largest absolute Gasteiger partial charge is 0.369 e. The molecule has 0 spiro atoms. The number of aromatic nitrogens is 2. The Kier molecular flexibility index (Phi) is 5.16. The molecule has 1 atom stereocenters. The van der Waals surface area contributed by atoms with Crippen molar-refractivity contribution in [1.29, 1.82) is 0 Å². The molecule has 1 saturated heterocycles. The molecule has 0 bridgehead atoms. The van der Waals surface area contributed by atoms with E-state index in [1.165, 1.54) is 0 Å². The first-order chi connectivity index (χ1) is 14.1. The number of piperidine rings is 1. The highest BCUT2D eigenvalue weighted by molar-refractivity contribution is 5.93. The summed E-state index contributed by atoms with van der Waals surface area (Å²) in [4.78, 5) is 27.2. The Morgan fingerprint density at radius 2 is 1.83 bits per heavy atom. The Balaban J connectivity index is 1.65. The molecule has 0 radical (unpaired) electrons. The molecule has 6 heteroatoms. The van der Waals surface area contributed by atoms with Crippen LogP contribution >= 0.6 is 0 Å². The molecule has 0 aliphatic carbocycles. The van der Waals surface area contributed by atoms with E-state index < -0.39 is 5.41 Å². The zero-order valence-corrected chi connectivity index (χ0v) is 16.2. The first-order valence-electron chi connectivity index (χ1n) is 9.81. The number of nitrogens with zero attached hydrogens (tertiary/aromatic N) is 2. The van der Waals surface area contributed by atoms with E-state index in [1.807, 2.05) is 36.4 Å². The molecule has 2 amide bonds. The number of nitrogens with one attached hydrogen (secondary N) is 1. The predicted octanol–water partition coefficient (Wildman–Crippen LogP) is 3.03. The number of nitrogens with two attached hydrogens (primary N) is 1. The second kappa shape index (κ2) is 7.91. The Hall–Kier alpha value is -3.41. The number of benzene rings is 2. The normalized spacial score (nSPS) is 19.1. The topological polar surface area (TPSA) is 92.1 Å². The minimum atomic E-state index is -0.793. The van der Waals surface area contributed by atoms with Crippen molar-refractivity contribution in [1.82, 2.24) is 15.1 Å². The Bertz CT molecular complexity index is 1000. The molecule has 3 aromatic rings. The summed E-state index contributed by atoms with van der Waals surface area (Å²) < 4.78 is 0. The van der Waals surface area contributed by atoms with Crippen LogP contribution in [0.15, 0.2) is 66.9 Å². The maximum atomic E-state index is 12.8. The molecular weight excluding hydrogens is 364 g/mol. The van der Waals surface area contributed by atoms with Gasteiger partial charge in [-0.05, 0) is 42.0 Å². The van der Waals surface area contributed by atoms with Crippen molar-refractivity contribution in [3.05, 3.63) is 78.1 Å². The lowest BCUT2D eigenvalue weighted by atomic mass is 9.73. The average Bonchev–Trinajstić information content (AvgIpc) is 3.29. The van der Waals surface area contributed by atoms with E-state index in [4.69, 9.17) is 5.73 Å². The van der Waals surface area contributed by atoms with E-state index in [-0.39, 0.29) is 11.8 Å². The zero-order chi connectivity index (χ0) is 20.3. The third-order valence-electron chi connectivity index (χ3n) is 5.75. The van der Waals surface area contributed by atoms with Crippen LogP contribution < -0.4 is 5.73 Å². The molecule has 4 rings (SSSR count). The van der Waals surface area contributed by atoms with Gasteiger partial charge < -0.3 is 10.6 Å². The van der Waals surface area contributed by atoms with Crippen LogP contribution in [-0.2, 0) is 11.2 Å². The monoisotopic (exact) mass is 388 g/mol. The molecular formula is C23H24N4O2. The van der Waals surface area contributed by atoms with Crippen LogP contribution in [-0.4, -0.2) is 40.0 Å². The van der Waals surface area contributed by atoms with Gasteiger partial charge in [-0.3, -0.25) is 14.7 Å². The Morgan fingerprint density at radius 1 is 1.07 bits per heavy atom. The second-order valence-electron chi connectivity index (χ2n) is 7.65. The zero-order valence-electron chi connectivity index (χ0n) is 16.2. The van der Waals surface area contributed by atoms with Gasteiger partial charge >= 0.3 is 0 Å². The number of carbonyl (C=O) groups excluding carboxylic acids is 2. The third-order valence-corrected chi connectivity index (χ3v) is 5.75. The van der Waals surface area contributed by atoms with Crippen LogP contribution in [0, 0.1) is 5.41 Å². The number of hydrogen-bond donors (Lipinski definition) is 2. The van der Waals surface area contributed by atoms with Crippen LogP contribution in [0.5, 0.6) is 0 Å². The van der Waals surface area contributed by atoms with Crippen molar-refractivity contribution in [2.24, 2.45) is 11.1 Å². The number of amides is 2. The summed E-state index contributed by atoms with van der Waals surface area (Å²) in [5.74, 6) is -0.508. The molecule has 148 valence electrons. The number of hydrogen-bond acceptors (Lipinski definition) is 3. The van der Waals surface area contributed by atoms with Crippen LogP contribution in [0.2, 0.25) is 0 Å². The average molecular weight is 388 g/mol. The molecule has 2 aromatic carbocycles. The van der Waals surface area contributed by atoms with Crippen LogP contribution in [0.25, 0.3) is 11.1 Å². The van der Waals surface area contributed by atoms with Gasteiger partial charge in [0.2, 0.25) is 5.91 Å². The number of primary amides is 1. The van der Waals surface area contributed by atoms with Gasteiger partial charge in [0.15, 0.2) is 0 Å². The molecule has 1 aliphatic heterocycles. The summed E-state index contributed by atoms with van der Waals surface area (Å²) in [6.45, 7) is 0.913. The minimum Gasteiger partial charge on any atom is -0.369 e. The van der Waals surface area contributed by atoms with E-state index in [0.29, 0.717) is 31.6 Å². The Labute approximate surface area is 169 Å². The molecule has 1 aromatic heterocycles. The maximum Gasteiger partial charge on any atom is 0.271 e. The quantitative estimate of drug-likeness (QED) is 0.704. The summed E-state index contributed by atoms with van der Waals surface area (Å²) >= 11 is 0. The van der Waals surface area contributed by atoms with Crippen LogP contribution in [0.3, 0.4) is 0 Å². The van der Waals surface area contributed by atoms with Crippen molar-refractivity contribution in [3.8, 4) is 11.1 Å². The van der Waals surface area contributed by atoms with Crippen molar-refractivity contribution in [3.63, 3.8) is 0 Å². The second-order valence-corrected chi connectivity index (χ2v) is 7.65. The summed E-state index contributed by atoms with van der Waals surface area (Å²) in [6, 6.07) is 19.8. The number of aromatic amines is 1. The maximum absolute atomic E-state index is 12.8. The third kappa shape index (κ3) is 3.78. The highest BCUT2D eigenvalue weighted by Crippen LogP contribution is 2.37. The summed E-state index contributed by atoms with van der Waals surface area (Å²) in [6.07, 6.45) is 3.45. The summed E-state index contributed by atoms with van der Waals surface area (Å²) in [5.41, 5.74) is 8.81. The molecule has 1 fully saturated rings. The van der Waals surface area contributed by atoms with Gasteiger partial charge in [-0.1, -0.05) is 54.6 Å². The first kappa shape index (κ1) is 18.9. The highest BCUT2D eigenvalue weighted by atomic mass is 16.2. The van der Waals surface area contributed by atoms with E-state index in [1.54, 1.807) is 17.2 Å². The lowest BCUT2D eigenvalue weighted by Gasteiger charge is -2.41. The standard InChI is InChI=1S/C23H24N4O2/c24-22(29)23(12-6-14-27(16-23)21(28)20-11-13-25-26-20)15-18-9-4-5-10-19(18)17-7-2-1-3-8-17/h1-5,7-11,13H,6,12,14-16H2,(H2,24,29)(H,25,26). The van der Waals surface area contributed by atoms with Crippen molar-refractivity contribution in [2.75, 3.05) is 13.1 Å². The van der Waals surface area contributed by atoms with Gasteiger partial charge in [-0.25, -0.2) is 0 Å². The summed E-state index contributed by atoms with van der Waals surface area (Å²) in [5, 5.41) is 6.57. The molecule has 6 nitrogen and oxygen atoms in total. The van der Waals surface area contributed by atoms with E-state index >= 15 is 0 Å². The van der Waals surface area contributed by atoms with Gasteiger partial charge in [0, 0.05) is 19.3 Å². The molecule has 0 saturated carbocycles. The molecule has 2 heterocycles. The predicted molar refractivity (Wildman–Crippen MR) is 111 cm³/mol. The minimum absolute atomic E-state index is 0.149. The van der Waals surface area contributed by atoms with Gasteiger partial charge in [0.1, 0.15) is 5.69 Å². The fraction of sp³-hybridized carbons (Fsp3) is 0.261. The fourth-order valence-electron chi connectivity index (χ4n) is 4.22. The smallest absolute Gasteiger partial charge is 0.271 e. The van der Waals surface area contributed by atoms with Crippen molar-refractivity contribution < 1.29 is 9.59 Å². The molecule has 3 N–H and O–H groups in total. The van der Waals surface area contributed by atoms with Crippen LogP contribution in [0.1, 0.15) is 28.9 Å². The van der Waals surface area contributed by atoms with E-state index in [2.05, 4.69) is 28.4 Å². The SMILES string of the molecule is NC(=O)C1(Cc2ccccc2-c2ccccc2)CCCN(C(=O)c2ccn[nH]2)C1. The number of H-pyrrole nitrogens is 1. The van der Waals surface area contributed by atoms with Crippen molar-refractivity contribution in [2.45, 2.75) is 19.3 Å². The van der Waals surface area contributed by atoms with Gasteiger partial charge in [0.25, 0.3) is 5.91 Å². The first-order valence-corrected chi connectivity index (χ1v) is 9.81. The van der Waals surface area contributed by atoms with Gasteiger partial charge in [-0.15, -0.1) is 0 Å².